The average Bonchev–Trinajstić information content (AvgIpc) is 2.44. The molecule has 1 aromatic carbocycles. The van der Waals surface area contributed by atoms with Crippen molar-refractivity contribution in [1.29, 1.82) is 0 Å². The number of ether oxygens (including phenoxy) is 1. The Hall–Kier alpha value is -1.55. The fraction of sp³-hybridized carbons (Fsp3) is 0.588. The second kappa shape index (κ2) is 8.03. The fourth-order valence-corrected chi connectivity index (χ4v) is 2.71. The number of rotatable bonds is 8. The molecule has 4 heteroatoms. The third-order valence-corrected chi connectivity index (χ3v) is 4.06. The van der Waals surface area contributed by atoms with Crippen molar-refractivity contribution in [3.05, 3.63) is 29.8 Å². The zero-order valence-electron chi connectivity index (χ0n) is 12.8. The van der Waals surface area contributed by atoms with Gasteiger partial charge >= 0.3 is 0 Å². The predicted molar refractivity (Wildman–Crippen MR) is 82.4 cm³/mol. The molecular formula is C17H25NO3. The van der Waals surface area contributed by atoms with Gasteiger partial charge in [-0.15, -0.1) is 0 Å². The monoisotopic (exact) mass is 291 g/mol. The molecule has 0 atom stereocenters. The minimum Gasteiger partial charge on any atom is -0.494 e. The van der Waals surface area contributed by atoms with E-state index in [1.165, 1.54) is 6.42 Å². The van der Waals surface area contributed by atoms with Crippen molar-refractivity contribution < 1.29 is 14.6 Å². The van der Waals surface area contributed by atoms with E-state index >= 15 is 0 Å². The molecule has 0 saturated heterocycles. The van der Waals surface area contributed by atoms with Crippen LogP contribution in [0.4, 0.5) is 0 Å². The van der Waals surface area contributed by atoms with Crippen molar-refractivity contribution in [2.45, 2.75) is 45.1 Å². The van der Waals surface area contributed by atoms with Gasteiger partial charge in [0.1, 0.15) is 5.75 Å². The van der Waals surface area contributed by atoms with Crippen LogP contribution in [-0.2, 0) is 11.2 Å². The van der Waals surface area contributed by atoms with E-state index in [1.807, 2.05) is 36.1 Å². The predicted octanol–water partition coefficient (Wildman–Crippen LogP) is 2.39. The lowest BCUT2D eigenvalue weighted by Gasteiger charge is -2.37. The van der Waals surface area contributed by atoms with Crippen molar-refractivity contribution >= 4 is 5.91 Å². The van der Waals surface area contributed by atoms with Gasteiger partial charge in [0, 0.05) is 19.0 Å². The molecule has 4 nitrogen and oxygen atoms in total. The highest BCUT2D eigenvalue weighted by atomic mass is 16.5. The molecule has 1 aliphatic rings. The molecule has 2 rings (SSSR count). The van der Waals surface area contributed by atoms with Crippen molar-refractivity contribution in [3.63, 3.8) is 0 Å². The lowest BCUT2D eigenvalue weighted by molar-refractivity contribution is -0.135. The molecule has 1 amide bonds. The maximum absolute atomic E-state index is 12.4. The SMILES string of the molecule is CCOc1ccccc1CCC(=O)N(CCO)C1CCC1. The van der Waals surface area contributed by atoms with Crippen LogP contribution in [0, 0.1) is 0 Å². The van der Waals surface area contributed by atoms with E-state index < -0.39 is 0 Å². The number of aryl methyl sites for hydroxylation is 1. The number of para-hydroxylation sites is 1. The number of nitrogens with zero attached hydrogens (tertiary/aromatic N) is 1. The molecule has 0 spiro atoms. The highest BCUT2D eigenvalue weighted by Crippen LogP contribution is 2.26. The van der Waals surface area contributed by atoms with Crippen LogP contribution in [-0.4, -0.2) is 41.7 Å². The number of aliphatic hydroxyl groups is 1. The highest BCUT2D eigenvalue weighted by Gasteiger charge is 2.27. The van der Waals surface area contributed by atoms with Crippen molar-refractivity contribution in [1.82, 2.24) is 4.90 Å². The second-order valence-corrected chi connectivity index (χ2v) is 5.44. The maximum atomic E-state index is 12.4. The Morgan fingerprint density at radius 2 is 2.14 bits per heavy atom. The highest BCUT2D eigenvalue weighted by molar-refractivity contribution is 5.77. The van der Waals surface area contributed by atoms with Gasteiger partial charge in [0.15, 0.2) is 0 Å². The summed E-state index contributed by atoms with van der Waals surface area (Å²) < 4.78 is 5.59. The van der Waals surface area contributed by atoms with Gasteiger partial charge in [-0.05, 0) is 44.2 Å². The zero-order valence-corrected chi connectivity index (χ0v) is 12.8. The van der Waals surface area contributed by atoms with Crippen LogP contribution in [0.3, 0.4) is 0 Å². The third-order valence-electron chi connectivity index (χ3n) is 4.06. The molecule has 21 heavy (non-hydrogen) atoms. The Labute approximate surface area is 126 Å². The Morgan fingerprint density at radius 1 is 1.38 bits per heavy atom. The third kappa shape index (κ3) is 4.21. The molecule has 0 unspecified atom stereocenters. The van der Waals surface area contributed by atoms with Gasteiger partial charge in [-0.3, -0.25) is 4.79 Å². The summed E-state index contributed by atoms with van der Waals surface area (Å²) in [6.07, 6.45) is 4.49. The van der Waals surface area contributed by atoms with E-state index in [9.17, 15) is 4.79 Å². The minimum absolute atomic E-state index is 0.0395. The quantitative estimate of drug-likeness (QED) is 0.800. The Balaban J connectivity index is 1.93. The summed E-state index contributed by atoms with van der Waals surface area (Å²) in [4.78, 5) is 14.2. The number of hydrogen-bond acceptors (Lipinski definition) is 3. The van der Waals surface area contributed by atoms with E-state index in [1.54, 1.807) is 0 Å². The first-order valence-electron chi connectivity index (χ1n) is 7.87. The summed E-state index contributed by atoms with van der Waals surface area (Å²) in [7, 11) is 0. The summed E-state index contributed by atoms with van der Waals surface area (Å²) in [6, 6.07) is 8.22. The molecule has 0 aromatic heterocycles. The van der Waals surface area contributed by atoms with Crippen LogP contribution >= 0.6 is 0 Å². The minimum atomic E-state index is 0.0395. The van der Waals surface area contributed by atoms with Gasteiger partial charge in [-0.2, -0.15) is 0 Å². The molecule has 1 N–H and O–H groups in total. The molecule has 1 aliphatic carbocycles. The largest absolute Gasteiger partial charge is 0.494 e. The zero-order chi connectivity index (χ0) is 15.1. The fourth-order valence-electron chi connectivity index (χ4n) is 2.71. The van der Waals surface area contributed by atoms with Crippen LogP contribution in [0.2, 0.25) is 0 Å². The van der Waals surface area contributed by atoms with E-state index in [0.717, 1.165) is 24.2 Å². The topological polar surface area (TPSA) is 49.8 Å². The number of benzene rings is 1. The number of carbonyl (C=O) groups is 1. The van der Waals surface area contributed by atoms with Crippen molar-refractivity contribution in [2.75, 3.05) is 19.8 Å². The number of carbonyl (C=O) groups excluding carboxylic acids is 1. The van der Waals surface area contributed by atoms with E-state index in [4.69, 9.17) is 9.84 Å². The van der Waals surface area contributed by atoms with Crippen molar-refractivity contribution in [3.8, 4) is 5.75 Å². The Morgan fingerprint density at radius 3 is 2.76 bits per heavy atom. The van der Waals surface area contributed by atoms with E-state index in [0.29, 0.717) is 32.0 Å². The van der Waals surface area contributed by atoms with Gasteiger partial charge in [-0.1, -0.05) is 18.2 Å². The van der Waals surface area contributed by atoms with Gasteiger partial charge in [0.05, 0.1) is 13.2 Å². The number of amides is 1. The number of hydrogen-bond donors (Lipinski definition) is 1. The van der Waals surface area contributed by atoms with Gasteiger partial charge in [0.25, 0.3) is 0 Å². The molecular weight excluding hydrogens is 266 g/mol. The van der Waals surface area contributed by atoms with Crippen LogP contribution in [0.25, 0.3) is 0 Å². The first-order chi connectivity index (χ1) is 10.3. The Bertz CT molecular complexity index is 457. The normalized spacial score (nSPS) is 14.6. The lowest BCUT2D eigenvalue weighted by atomic mass is 9.91. The molecule has 116 valence electrons. The molecule has 1 saturated carbocycles. The first-order valence-corrected chi connectivity index (χ1v) is 7.87. The summed E-state index contributed by atoms with van der Waals surface area (Å²) in [6.45, 7) is 3.08. The van der Waals surface area contributed by atoms with E-state index in [2.05, 4.69) is 0 Å². The summed E-state index contributed by atoms with van der Waals surface area (Å²) in [5, 5.41) is 9.14. The summed E-state index contributed by atoms with van der Waals surface area (Å²) >= 11 is 0. The maximum Gasteiger partial charge on any atom is 0.223 e. The Kier molecular flexibility index (Phi) is 6.05. The second-order valence-electron chi connectivity index (χ2n) is 5.44. The number of aliphatic hydroxyl groups excluding tert-OH is 1. The van der Waals surface area contributed by atoms with Crippen molar-refractivity contribution in [2.24, 2.45) is 0 Å². The summed E-state index contributed by atoms with van der Waals surface area (Å²) in [5.41, 5.74) is 1.07. The molecule has 0 radical (unpaired) electrons. The van der Waals surface area contributed by atoms with Gasteiger partial charge in [-0.25, -0.2) is 0 Å². The first kappa shape index (κ1) is 15.8. The average molecular weight is 291 g/mol. The molecule has 1 aromatic rings. The van der Waals surface area contributed by atoms with Crippen LogP contribution in [0.1, 0.15) is 38.2 Å². The molecule has 0 bridgehead atoms. The summed E-state index contributed by atoms with van der Waals surface area (Å²) in [5.74, 6) is 1.00. The van der Waals surface area contributed by atoms with E-state index in [-0.39, 0.29) is 12.5 Å². The molecule has 0 heterocycles. The van der Waals surface area contributed by atoms with Gasteiger partial charge < -0.3 is 14.7 Å². The lowest BCUT2D eigenvalue weighted by Crippen LogP contribution is -2.45. The van der Waals surface area contributed by atoms with Crippen LogP contribution in [0.5, 0.6) is 5.75 Å². The van der Waals surface area contributed by atoms with Crippen LogP contribution < -0.4 is 4.74 Å². The molecule has 0 aliphatic heterocycles. The smallest absolute Gasteiger partial charge is 0.223 e. The van der Waals surface area contributed by atoms with Gasteiger partial charge in [0.2, 0.25) is 5.91 Å². The van der Waals surface area contributed by atoms with Crippen LogP contribution in [0.15, 0.2) is 24.3 Å². The molecule has 1 fully saturated rings. The standard InChI is InChI=1S/C17H25NO3/c1-2-21-16-9-4-3-6-14(16)10-11-17(20)18(12-13-19)15-7-5-8-15/h3-4,6,9,15,19H,2,5,7-8,10-13H2,1H3.